The summed E-state index contributed by atoms with van der Waals surface area (Å²) in [6, 6.07) is 8.54. The molecule has 0 heterocycles. The molecule has 1 aromatic carbocycles. The topological polar surface area (TPSA) is 35.8 Å². The second kappa shape index (κ2) is 4.70. The minimum absolute atomic E-state index is 0.460. The fraction of sp³-hybridized carbons (Fsp3) is 0.500. The number of hydrogen-bond acceptors (Lipinski definition) is 2. The van der Waals surface area contributed by atoms with Crippen molar-refractivity contribution >= 4 is 21.6 Å². The Morgan fingerprint density at radius 3 is 2.76 bits per heavy atom. The largest absolute Gasteiger partial charge is 0.382 e. The van der Waals surface area contributed by atoms with E-state index in [-0.39, 0.29) is 0 Å². The number of nitriles is 1. The molecule has 2 nitrogen and oxygen atoms in total. The van der Waals surface area contributed by atoms with Crippen molar-refractivity contribution in [3.05, 3.63) is 28.2 Å². The van der Waals surface area contributed by atoms with Gasteiger partial charge in [0.25, 0.3) is 0 Å². The molecule has 0 saturated heterocycles. The predicted octanol–water partition coefficient (Wildman–Crippen LogP) is 4.31. The van der Waals surface area contributed by atoms with Gasteiger partial charge in [-0.05, 0) is 58.8 Å². The summed E-state index contributed by atoms with van der Waals surface area (Å²) in [6.07, 6.45) is 3.72. The van der Waals surface area contributed by atoms with Crippen molar-refractivity contribution in [3.63, 3.8) is 0 Å². The van der Waals surface area contributed by atoms with Crippen LogP contribution in [0.5, 0.6) is 0 Å². The molecular formula is C14H17BrN2. The molecule has 1 unspecified atom stereocenters. The van der Waals surface area contributed by atoms with Gasteiger partial charge in [0.1, 0.15) is 6.07 Å². The van der Waals surface area contributed by atoms with E-state index in [1.54, 1.807) is 0 Å². The molecule has 1 aliphatic rings. The molecule has 0 aromatic heterocycles. The second-order valence-electron chi connectivity index (χ2n) is 5.55. The molecule has 0 radical (unpaired) electrons. The maximum absolute atomic E-state index is 8.86. The highest BCUT2D eigenvalue weighted by Crippen LogP contribution is 2.38. The van der Waals surface area contributed by atoms with E-state index in [9.17, 15) is 0 Å². The van der Waals surface area contributed by atoms with Gasteiger partial charge in [0.2, 0.25) is 0 Å². The van der Waals surface area contributed by atoms with Crippen LogP contribution in [0.3, 0.4) is 0 Å². The van der Waals surface area contributed by atoms with Gasteiger partial charge in [0, 0.05) is 16.2 Å². The molecule has 0 bridgehead atoms. The first-order chi connectivity index (χ1) is 8.00. The molecular weight excluding hydrogens is 276 g/mol. The standard InChI is InChI=1S/C14H17BrN2/c1-14(2)6-5-12(8-14)17-11-4-3-10(9-16)13(15)7-11/h3-4,7,12,17H,5-6,8H2,1-2H3. The van der Waals surface area contributed by atoms with Crippen LogP contribution in [0, 0.1) is 16.7 Å². The second-order valence-corrected chi connectivity index (χ2v) is 6.41. The minimum Gasteiger partial charge on any atom is -0.382 e. The van der Waals surface area contributed by atoms with Gasteiger partial charge in [-0.25, -0.2) is 0 Å². The summed E-state index contributed by atoms with van der Waals surface area (Å²) in [5.41, 5.74) is 2.24. The Bertz CT molecular complexity index is 460. The molecule has 1 saturated carbocycles. The van der Waals surface area contributed by atoms with E-state index in [1.165, 1.54) is 19.3 Å². The monoisotopic (exact) mass is 292 g/mol. The van der Waals surface area contributed by atoms with Gasteiger partial charge in [-0.3, -0.25) is 0 Å². The molecule has 3 heteroatoms. The van der Waals surface area contributed by atoms with Crippen LogP contribution in [-0.2, 0) is 0 Å². The smallest absolute Gasteiger partial charge is 0.100 e. The van der Waals surface area contributed by atoms with E-state index in [4.69, 9.17) is 5.26 Å². The third-order valence-corrected chi connectivity index (χ3v) is 4.08. The highest BCUT2D eigenvalue weighted by atomic mass is 79.9. The van der Waals surface area contributed by atoms with Crippen LogP contribution in [-0.4, -0.2) is 6.04 Å². The van der Waals surface area contributed by atoms with Crippen LogP contribution >= 0.6 is 15.9 Å². The summed E-state index contributed by atoms with van der Waals surface area (Å²) in [5.74, 6) is 0. The zero-order valence-electron chi connectivity index (χ0n) is 10.3. The average molecular weight is 293 g/mol. The number of anilines is 1. The maximum atomic E-state index is 8.86. The van der Waals surface area contributed by atoms with Crippen molar-refractivity contribution in [2.24, 2.45) is 5.41 Å². The van der Waals surface area contributed by atoms with Gasteiger partial charge in [-0.2, -0.15) is 5.26 Å². The summed E-state index contributed by atoms with van der Waals surface area (Å²) < 4.78 is 0.863. The summed E-state index contributed by atoms with van der Waals surface area (Å²) in [7, 11) is 0. The van der Waals surface area contributed by atoms with Gasteiger partial charge < -0.3 is 5.32 Å². The maximum Gasteiger partial charge on any atom is 0.100 e. The Hall–Kier alpha value is -1.01. The normalized spacial score (nSPS) is 22.1. The van der Waals surface area contributed by atoms with E-state index >= 15 is 0 Å². The summed E-state index contributed by atoms with van der Waals surface area (Å²) in [5, 5.41) is 12.4. The number of nitrogens with zero attached hydrogens (tertiary/aromatic N) is 1. The van der Waals surface area contributed by atoms with Crippen LogP contribution in [0.25, 0.3) is 0 Å². The Labute approximate surface area is 111 Å². The van der Waals surface area contributed by atoms with Crippen molar-refractivity contribution in [1.29, 1.82) is 5.26 Å². The minimum atomic E-state index is 0.460. The molecule has 17 heavy (non-hydrogen) atoms. The van der Waals surface area contributed by atoms with Crippen molar-refractivity contribution in [2.45, 2.75) is 39.2 Å². The van der Waals surface area contributed by atoms with Crippen LogP contribution < -0.4 is 5.32 Å². The zero-order chi connectivity index (χ0) is 12.5. The van der Waals surface area contributed by atoms with E-state index in [1.807, 2.05) is 18.2 Å². The third-order valence-electron chi connectivity index (χ3n) is 3.43. The average Bonchev–Trinajstić information content (AvgIpc) is 2.58. The molecule has 1 aromatic rings. The van der Waals surface area contributed by atoms with Gasteiger partial charge in [0.05, 0.1) is 5.56 Å². The van der Waals surface area contributed by atoms with Crippen LogP contribution in [0.4, 0.5) is 5.69 Å². The van der Waals surface area contributed by atoms with Crippen LogP contribution in [0.1, 0.15) is 38.7 Å². The lowest BCUT2D eigenvalue weighted by atomic mass is 9.92. The lowest BCUT2D eigenvalue weighted by Crippen LogP contribution is -2.17. The predicted molar refractivity (Wildman–Crippen MR) is 73.9 cm³/mol. The fourth-order valence-electron chi connectivity index (χ4n) is 2.49. The Kier molecular flexibility index (Phi) is 3.44. The molecule has 1 N–H and O–H groups in total. The number of benzene rings is 1. The van der Waals surface area contributed by atoms with Gasteiger partial charge >= 0.3 is 0 Å². The van der Waals surface area contributed by atoms with E-state index in [0.29, 0.717) is 17.0 Å². The first-order valence-corrected chi connectivity index (χ1v) is 6.76. The van der Waals surface area contributed by atoms with Crippen molar-refractivity contribution < 1.29 is 0 Å². The SMILES string of the molecule is CC1(C)CCC(Nc2ccc(C#N)c(Br)c2)C1. The van der Waals surface area contributed by atoms with Crippen molar-refractivity contribution in [2.75, 3.05) is 5.32 Å². The molecule has 0 aliphatic heterocycles. The highest BCUT2D eigenvalue weighted by Gasteiger charge is 2.30. The quantitative estimate of drug-likeness (QED) is 0.882. The van der Waals surface area contributed by atoms with Gasteiger partial charge in [-0.1, -0.05) is 13.8 Å². The van der Waals surface area contributed by atoms with E-state index in [0.717, 1.165) is 10.2 Å². The van der Waals surface area contributed by atoms with Gasteiger partial charge in [-0.15, -0.1) is 0 Å². The van der Waals surface area contributed by atoms with Gasteiger partial charge in [0.15, 0.2) is 0 Å². The number of rotatable bonds is 2. The van der Waals surface area contributed by atoms with E-state index < -0.39 is 0 Å². The summed E-state index contributed by atoms with van der Waals surface area (Å²) in [6.45, 7) is 4.65. The fourth-order valence-corrected chi connectivity index (χ4v) is 2.96. The van der Waals surface area contributed by atoms with Crippen LogP contribution in [0.2, 0.25) is 0 Å². The van der Waals surface area contributed by atoms with Crippen molar-refractivity contribution in [1.82, 2.24) is 0 Å². The molecule has 2 rings (SSSR count). The first kappa shape index (κ1) is 12.4. The Balaban J connectivity index is 2.06. The molecule has 90 valence electrons. The van der Waals surface area contributed by atoms with Crippen LogP contribution in [0.15, 0.2) is 22.7 Å². The lowest BCUT2D eigenvalue weighted by molar-refractivity contribution is 0.378. The summed E-state index contributed by atoms with van der Waals surface area (Å²) >= 11 is 3.42. The van der Waals surface area contributed by atoms with Crippen molar-refractivity contribution in [3.8, 4) is 6.07 Å². The number of halogens is 1. The number of nitrogens with one attached hydrogen (secondary N) is 1. The Morgan fingerprint density at radius 1 is 1.47 bits per heavy atom. The third kappa shape index (κ3) is 3.01. The molecule has 1 atom stereocenters. The molecule has 0 amide bonds. The zero-order valence-corrected chi connectivity index (χ0v) is 11.8. The highest BCUT2D eigenvalue weighted by molar-refractivity contribution is 9.10. The Morgan fingerprint density at radius 2 is 2.24 bits per heavy atom. The summed E-state index contributed by atoms with van der Waals surface area (Å²) in [4.78, 5) is 0. The first-order valence-electron chi connectivity index (χ1n) is 5.96. The lowest BCUT2D eigenvalue weighted by Gasteiger charge is -2.18. The molecule has 1 aliphatic carbocycles. The molecule has 1 fully saturated rings. The molecule has 0 spiro atoms. The van der Waals surface area contributed by atoms with E-state index in [2.05, 4.69) is 41.2 Å². The number of hydrogen-bond donors (Lipinski definition) is 1.